The van der Waals surface area contributed by atoms with Gasteiger partial charge in [-0.1, -0.05) is 0 Å². The predicted molar refractivity (Wildman–Crippen MR) is 80.8 cm³/mol. The molecule has 0 radical (unpaired) electrons. The lowest BCUT2D eigenvalue weighted by Gasteiger charge is -2.08. The summed E-state index contributed by atoms with van der Waals surface area (Å²) < 4.78 is 0. The number of aromatic nitrogens is 1. The van der Waals surface area contributed by atoms with Crippen molar-refractivity contribution in [2.45, 2.75) is 20.4 Å². The van der Waals surface area contributed by atoms with Crippen molar-refractivity contribution in [1.29, 1.82) is 0 Å². The van der Waals surface area contributed by atoms with Crippen molar-refractivity contribution in [3.63, 3.8) is 0 Å². The maximum atomic E-state index is 11.8. The number of nitrogens with one attached hydrogen (secondary N) is 2. The number of carboxylic acid groups (broad SMARTS) is 1. The van der Waals surface area contributed by atoms with Crippen LogP contribution in [0.15, 0.2) is 24.4 Å². The van der Waals surface area contributed by atoms with E-state index >= 15 is 0 Å². The number of thiazole rings is 1. The van der Waals surface area contributed by atoms with Gasteiger partial charge in [-0.15, -0.1) is 11.3 Å². The highest BCUT2D eigenvalue weighted by Gasteiger charge is 2.09. The number of benzene rings is 1. The lowest BCUT2D eigenvalue weighted by Crippen LogP contribution is -2.27. The Kier molecular flexibility index (Phi) is 4.54. The van der Waals surface area contributed by atoms with Crippen LogP contribution >= 0.6 is 11.3 Å². The van der Waals surface area contributed by atoms with Crippen LogP contribution < -0.4 is 10.6 Å². The van der Waals surface area contributed by atoms with Crippen LogP contribution in [0.3, 0.4) is 0 Å². The van der Waals surface area contributed by atoms with Crippen molar-refractivity contribution < 1.29 is 14.7 Å². The Bertz CT molecular complexity index is 682. The summed E-state index contributed by atoms with van der Waals surface area (Å²) in [5.41, 5.74) is 1.37. The SMILES string of the molecule is Cc1ncc(CNC(=O)Nc2ccc(C(=O)O)c(C)c2)s1. The third kappa shape index (κ3) is 4.03. The van der Waals surface area contributed by atoms with Gasteiger partial charge in [0.2, 0.25) is 0 Å². The molecule has 6 nitrogen and oxygen atoms in total. The van der Waals surface area contributed by atoms with Gasteiger partial charge in [-0.25, -0.2) is 14.6 Å². The smallest absolute Gasteiger partial charge is 0.335 e. The molecule has 0 aliphatic rings. The summed E-state index contributed by atoms with van der Waals surface area (Å²) in [7, 11) is 0. The lowest BCUT2D eigenvalue weighted by molar-refractivity contribution is 0.0696. The number of aromatic carboxylic acids is 1. The molecule has 21 heavy (non-hydrogen) atoms. The van der Waals surface area contributed by atoms with Crippen LogP contribution in [0.25, 0.3) is 0 Å². The molecule has 1 aromatic carbocycles. The highest BCUT2D eigenvalue weighted by Crippen LogP contribution is 2.15. The van der Waals surface area contributed by atoms with Gasteiger partial charge in [0.1, 0.15) is 0 Å². The molecule has 0 aliphatic carbocycles. The molecule has 0 fully saturated rings. The number of amides is 2. The number of hydrogen-bond acceptors (Lipinski definition) is 4. The minimum atomic E-state index is -0.982. The topological polar surface area (TPSA) is 91.3 Å². The summed E-state index contributed by atoms with van der Waals surface area (Å²) in [4.78, 5) is 27.8. The van der Waals surface area contributed by atoms with Crippen molar-refractivity contribution in [2.24, 2.45) is 0 Å². The zero-order valence-corrected chi connectivity index (χ0v) is 12.5. The standard InChI is InChI=1S/C14H15N3O3S/c1-8-5-10(3-4-12(8)13(18)19)17-14(20)16-7-11-6-15-9(2)21-11/h3-6H,7H2,1-2H3,(H,18,19)(H2,16,17,20). The summed E-state index contributed by atoms with van der Waals surface area (Å²) in [6.45, 7) is 4.00. The Labute approximate surface area is 125 Å². The predicted octanol–water partition coefficient (Wildman–Crippen LogP) is 2.78. The van der Waals surface area contributed by atoms with Crippen molar-refractivity contribution in [2.75, 3.05) is 5.32 Å². The first kappa shape index (κ1) is 15.0. The second-order valence-electron chi connectivity index (χ2n) is 4.49. The number of nitrogens with zero attached hydrogens (tertiary/aromatic N) is 1. The van der Waals surface area contributed by atoms with E-state index in [1.165, 1.54) is 17.4 Å². The summed E-state index contributed by atoms with van der Waals surface area (Å²) in [6.07, 6.45) is 1.73. The van der Waals surface area contributed by atoms with Gasteiger partial charge < -0.3 is 15.7 Å². The van der Waals surface area contributed by atoms with Crippen LogP contribution in [0.5, 0.6) is 0 Å². The first-order valence-corrected chi connectivity index (χ1v) is 7.07. The molecule has 0 saturated heterocycles. The van der Waals surface area contributed by atoms with E-state index in [2.05, 4.69) is 15.6 Å². The van der Waals surface area contributed by atoms with Crippen LogP contribution in [0.1, 0.15) is 25.8 Å². The van der Waals surface area contributed by atoms with Gasteiger partial charge in [0.15, 0.2) is 0 Å². The van der Waals surface area contributed by atoms with E-state index in [9.17, 15) is 9.59 Å². The quantitative estimate of drug-likeness (QED) is 0.810. The molecule has 110 valence electrons. The highest BCUT2D eigenvalue weighted by molar-refractivity contribution is 7.11. The summed E-state index contributed by atoms with van der Waals surface area (Å²) in [6, 6.07) is 4.32. The van der Waals surface area contributed by atoms with Crippen molar-refractivity contribution in [3.05, 3.63) is 45.4 Å². The van der Waals surface area contributed by atoms with E-state index in [4.69, 9.17) is 5.11 Å². The van der Waals surface area contributed by atoms with Gasteiger partial charge in [0.05, 0.1) is 17.1 Å². The summed E-state index contributed by atoms with van der Waals surface area (Å²) >= 11 is 1.52. The number of carbonyl (C=O) groups is 2. The second-order valence-corrected chi connectivity index (χ2v) is 5.81. The third-order valence-corrected chi connectivity index (χ3v) is 3.72. The van der Waals surface area contributed by atoms with Crippen LogP contribution in [0.2, 0.25) is 0 Å². The molecule has 1 aromatic heterocycles. The summed E-state index contributed by atoms with van der Waals surface area (Å²) in [5, 5.41) is 15.3. The van der Waals surface area contributed by atoms with Gasteiger partial charge in [0, 0.05) is 16.8 Å². The normalized spacial score (nSPS) is 10.2. The van der Waals surface area contributed by atoms with Crippen molar-refractivity contribution in [1.82, 2.24) is 10.3 Å². The number of rotatable bonds is 4. The fourth-order valence-corrected chi connectivity index (χ4v) is 2.55. The molecular formula is C14H15N3O3S. The first-order chi connectivity index (χ1) is 9.95. The molecule has 0 unspecified atom stereocenters. The van der Waals surface area contributed by atoms with E-state index in [1.54, 1.807) is 25.3 Å². The average molecular weight is 305 g/mol. The summed E-state index contributed by atoms with van der Waals surface area (Å²) in [5.74, 6) is -0.982. The minimum Gasteiger partial charge on any atom is -0.478 e. The van der Waals surface area contributed by atoms with Crippen molar-refractivity contribution >= 4 is 29.0 Å². The van der Waals surface area contributed by atoms with Gasteiger partial charge >= 0.3 is 12.0 Å². The van der Waals surface area contributed by atoms with Gasteiger partial charge in [0.25, 0.3) is 0 Å². The molecule has 2 rings (SSSR count). The molecule has 2 aromatic rings. The Morgan fingerprint density at radius 3 is 2.67 bits per heavy atom. The highest BCUT2D eigenvalue weighted by atomic mass is 32.1. The Balaban J connectivity index is 1.93. The van der Waals surface area contributed by atoms with Crippen LogP contribution in [-0.2, 0) is 6.54 Å². The van der Waals surface area contributed by atoms with E-state index in [-0.39, 0.29) is 11.6 Å². The van der Waals surface area contributed by atoms with Gasteiger partial charge in [-0.05, 0) is 37.6 Å². The van der Waals surface area contributed by atoms with Gasteiger partial charge in [-0.3, -0.25) is 0 Å². The number of carbonyl (C=O) groups excluding carboxylic acids is 1. The number of carboxylic acids is 1. The molecule has 0 spiro atoms. The van der Waals surface area contributed by atoms with E-state index < -0.39 is 5.97 Å². The van der Waals surface area contributed by atoms with Gasteiger partial charge in [-0.2, -0.15) is 0 Å². The molecule has 0 atom stereocenters. The van der Waals surface area contributed by atoms with Crippen LogP contribution in [0.4, 0.5) is 10.5 Å². The fraction of sp³-hybridized carbons (Fsp3) is 0.214. The number of urea groups is 1. The number of anilines is 1. The molecule has 7 heteroatoms. The second kappa shape index (κ2) is 6.36. The lowest BCUT2D eigenvalue weighted by atomic mass is 10.1. The van der Waals surface area contributed by atoms with E-state index in [1.807, 2.05) is 6.92 Å². The Hall–Kier alpha value is -2.41. The van der Waals surface area contributed by atoms with Crippen LogP contribution in [-0.4, -0.2) is 22.1 Å². The van der Waals surface area contributed by atoms with E-state index in [0.29, 0.717) is 17.8 Å². The molecule has 0 aliphatic heterocycles. The van der Waals surface area contributed by atoms with Crippen LogP contribution in [0, 0.1) is 13.8 Å². The van der Waals surface area contributed by atoms with Crippen molar-refractivity contribution in [3.8, 4) is 0 Å². The maximum Gasteiger partial charge on any atom is 0.335 e. The first-order valence-electron chi connectivity index (χ1n) is 6.26. The minimum absolute atomic E-state index is 0.223. The Morgan fingerprint density at radius 1 is 1.33 bits per heavy atom. The van der Waals surface area contributed by atoms with E-state index in [0.717, 1.165) is 9.88 Å². The fourth-order valence-electron chi connectivity index (χ4n) is 1.81. The molecule has 3 N–H and O–H groups in total. The molecule has 2 amide bonds. The zero-order valence-electron chi connectivity index (χ0n) is 11.6. The average Bonchev–Trinajstić information content (AvgIpc) is 2.82. The number of aryl methyl sites for hydroxylation is 2. The molecule has 0 bridgehead atoms. The maximum absolute atomic E-state index is 11.8. The molecule has 0 saturated carbocycles. The molecule has 1 heterocycles. The largest absolute Gasteiger partial charge is 0.478 e. The molecular weight excluding hydrogens is 290 g/mol. The third-order valence-electron chi connectivity index (χ3n) is 2.81. The monoisotopic (exact) mass is 305 g/mol. The Morgan fingerprint density at radius 2 is 2.10 bits per heavy atom. The zero-order chi connectivity index (χ0) is 15.4. The number of hydrogen-bond donors (Lipinski definition) is 3.